The highest BCUT2D eigenvalue weighted by Gasteiger charge is 2.22. The van der Waals surface area contributed by atoms with Gasteiger partial charge in [0.05, 0.1) is 12.2 Å². The van der Waals surface area contributed by atoms with Gasteiger partial charge >= 0.3 is 0 Å². The monoisotopic (exact) mass is 305 g/mol. The molecule has 0 saturated heterocycles. The van der Waals surface area contributed by atoms with Crippen LogP contribution in [-0.4, -0.2) is 18.1 Å². The number of halogens is 1. The Balaban J connectivity index is 1.81. The van der Waals surface area contributed by atoms with Crippen molar-refractivity contribution in [1.82, 2.24) is 10.3 Å². The zero-order valence-corrected chi connectivity index (χ0v) is 13.2. The van der Waals surface area contributed by atoms with E-state index in [4.69, 9.17) is 0 Å². The lowest BCUT2D eigenvalue weighted by atomic mass is 10.2. The van der Waals surface area contributed by atoms with Crippen molar-refractivity contribution in [3.05, 3.63) is 46.0 Å². The van der Waals surface area contributed by atoms with Crippen molar-refractivity contribution in [3.8, 4) is 0 Å². The smallest absolute Gasteiger partial charge is 0.141 e. The maximum Gasteiger partial charge on any atom is 0.141 e. The van der Waals surface area contributed by atoms with E-state index in [9.17, 15) is 4.39 Å². The third-order valence-electron chi connectivity index (χ3n) is 3.94. The van der Waals surface area contributed by atoms with Crippen molar-refractivity contribution >= 4 is 17.2 Å². The fourth-order valence-corrected chi connectivity index (χ4v) is 3.19. The molecule has 3 nitrogen and oxygen atoms in total. The fraction of sp³-hybridized carbons (Fsp3) is 0.438. The molecular formula is C16H20FN3S. The summed E-state index contributed by atoms with van der Waals surface area (Å²) in [5, 5.41) is 5.52. The molecule has 0 aromatic carbocycles. The standard InChI is InChI=1S/C16H20FN3S/c1-11(15-4-3-7-21-15)20(2)16-12(8-13(17)10-19-16)9-18-14-5-6-14/h3-4,7-8,10-11,14,18H,5-6,9H2,1-2H3. The van der Waals surface area contributed by atoms with Crippen molar-refractivity contribution in [2.45, 2.75) is 38.4 Å². The topological polar surface area (TPSA) is 28.2 Å². The summed E-state index contributed by atoms with van der Waals surface area (Å²) in [7, 11) is 2.02. The molecule has 1 saturated carbocycles. The highest BCUT2D eigenvalue weighted by Crippen LogP contribution is 2.29. The van der Waals surface area contributed by atoms with Crippen molar-refractivity contribution in [2.75, 3.05) is 11.9 Å². The second kappa shape index (κ2) is 6.12. The minimum absolute atomic E-state index is 0.225. The lowest BCUT2D eigenvalue weighted by Crippen LogP contribution is -2.25. The van der Waals surface area contributed by atoms with Crippen LogP contribution in [0.1, 0.15) is 36.2 Å². The van der Waals surface area contributed by atoms with Gasteiger partial charge in [0.2, 0.25) is 0 Å². The normalized spacial score (nSPS) is 16.0. The van der Waals surface area contributed by atoms with Gasteiger partial charge in [-0.2, -0.15) is 0 Å². The molecule has 0 spiro atoms. The molecule has 3 rings (SSSR count). The second-order valence-electron chi connectivity index (χ2n) is 5.59. The Morgan fingerprint density at radius 3 is 3.00 bits per heavy atom. The molecule has 1 unspecified atom stereocenters. The zero-order valence-electron chi connectivity index (χ0n) is 12.3. The highest BCUT2D eigenvalue weighted by atomic mass is 32.1. The average Bonchev–Trinajstić information content (AvgIpc) is 3.15. The van der Waals surface area contributed by atoms with Gasteiger partial charge < -0.3 is 10.2 Å². The summed E-state index contributed by atoms with van der Waals surface area (Å²) in [4.78, 5) is 7.73. The van der Waals surface area contributed by atoms with Gasteiger partial charge in [0, 0.05) is 30.1 Å². The number of thiophene rings is 1. The van der Waals surface area contributed by atoms with E-state index in [1.165, 1.54) is 23.9 Å². The zero-order chi connectivity index (χ0) is 14.8. The quantitative estimate of drug-likeness (QED) is 0.881. The number of hydrogen-bond donors (Lipinski definition) is 1. The van der Waals surface area contributed by atoms with Gasteiger partial charge in [0.15, 0.2) is 0 Å². The fourth-order valence-electron chi connectivity index (χ4n) is 2.37. The first-order valence-electron chi connectivity index (χ1n) is 7.29. The molecule has 2 aromatic rings. The molecule has 1 fully saturated rings. The van der Waals surface area contributed by atoms with E-state index in [0.717, 1.165) is 11.4 Å². The Bertz CT molecular complexity index is 596. The van der Waals surface area contributed by atoms with Crippen molar-refractivity contribution in [3.63, 3.8) is 0 Å². The molecule has 0 bridgehead atoms. The first-order chi connectivity index (χ1) is 10.1. The first kappa shape index (κ1) is 14.5. The van der Waals surface area contributed by atoms with E-state index in [1.807, 2.05) is 7.05 Å². The van der Waals surface area contributed by atoms with Gasteiger partial charge in [0.1, 0.15) is 11.6 Å². The minimum atomic E-state index is -0.275. The van der Waals surface area contributed by atoms with E-state index in [-0.39, 0.29) is 11.9 Å². The van der Waals surface area contributed by atoms with Gasteiger partial charge in [-0.3, -0.25) is 0 Å². The van der Waals surface area contributed by atoms with Crippen molar-refractivity contribution < 1.29 is 4.39 Å². The van der Waals surface area contributed by atoms with E-state index in [2.05, 4.69) is 39.6 Å². The summed E-state index contributed by atoms with van der Waals surface area (Å²) >= 11 is 1.73. The number of nitrogens with zero attached hydrogens (tertiary/aromatic N) is 2. The third kappa shape index (κ3) is 3.41. The molecule has 5 heteroatoms. The third-order valence-corrected chi connectivity index (χ3v) is 4.98. The van der Waals surface area contributed by atoms with E-state index >= 15 is 0 Å². The Kier molecular flexibility index (Phi) is 4.22. The van der Waals surface area contributed by atoms with Gasteiger partial charge in [-0.05, 0) is 37.3 Å². The summed E-state index contributed by atoms with van der Waals surface area (Å²) in [5.74, 6) is 0.578. The van der Waals surface area contributed by atoms with Crippen LogP contribution in [0.4, 0.5) is 10.2 Å². The van der Waals surface area contributed by atoms with Crippen LogP contribution < -0.4 is 10.2 Å². The number of pyridine rings is 1. The minimum Gasteiger partial charge on any atom is -0.352 e. The van der Waals surface area contributed by atoms with Crippen LogP contribution in [0.2, 0.25) is 0 Å². The maximum atomic E-state index is 13.5. The largest absolute Gasteiger partial charge is 0.352 e. The van der Waals surface area contributed by atoms with E-state index in [0.29, 0.717) is 12.6 Å². The molecular weight excluding hydrogens is 285 g/mol. The molecule has 0 amide bonds. The molecule has 0 aliphatic heterocycles. The summed E-state index contributed by atoms with van der Waals surface area (Å²) < 4.78 is 13.5. The number of anilines is 1. The van der Waals surface area contributed by atoms with Crippen LogP contribution in [0.5, 0.6) is 0 Å². The van der Waals surface area contributed by atoms with Gasteiger partial charge in [0.25, 0.3) is 0 Å². The van der Waals surface area contributed by atoms with E-state index in [1.54, 1.807) is 17.4 Å². The van der Waals surface area contributed by atoms with E-state index < -0.39 is 0 Å². The number of rotatable bonds is 6. The highest BCUT2D eigenvalue weighted by molar-refractivity contribution is 7.10. The first-order valence-corrected chi connectivity index (χ1v) is 8.17. The number of aromatic nitrogens is 1. The number of nitrogens with one attached hydrogen (secondary N) is 1. The van der Waals surface area contributed by atoms with Gasteiger partial charge in [-0.15, -0.1) is 11.3 Å². The molecule has 21 heavy (non-hydrogen) atoms. The molecule has 2 aromatic heterocycles. The molecule has 1 aliphatic rings. The van der Waals surface area contributed by atoms with Crippen LogP contribution >= 0.6 is 11.3 Å². The van der Waals surface area contributed by atoms with Crippen molar-refractivity contribution in [1.29, 1.82) is 0 Å². The average molecular weight is 305 g/mol. The molecule has 0 radical (unpaired) electrons. The Morgan fingerprint density at radius 2 is 2.33 bits per heavy atom. The van der Waals surface area contributed by atoms with Crippen LogP contribution in [0.15, 0.2) is 29.8 Å². The Hall–Kier alpha value is -1.46. The van der Waals surface area contributed by atoms with Crippen LogP contribution in [0.3, 0.4) is 0 Å². The van der Waals surface area contributed by atoms with Gasteiger partial charge in [-0.1, -0.05) is 6.07 Å². The lowest BCUT2D eigenvalue weighted by Gasteiger charge is -2.27. The summed E-state index contributed by atoms with van der Waals surface area (Å²) in [6.45, 7) is 2.82. The Labute approximate surface area is 128 Å². The van der Waals surface area contributed by atoms with Crippen LogP contribution in [-0.2, 0) is 6.54 Å². The van der Waals surface area contributed by atoms with Crippen molar-refractivity contribution in [2.24, 2.45) is 0 Å². The maximum absolute atomic E-state index is 13.5. The van der Waals surface area contributed by atoms with Crippen LogP contribution in [0.25, 0.3) is 0 Å². The van der Waals surface area contributed by atoms with Gasteiger partial charge in [-0.25, -0.2) is 9.37 Å². The summed E-state index contributed by atoms with van der Waals surface area (Å²) in [5.41, 5.74) is 0.924. The molecule has 1 aliphatic carbocycles. The predicted molar refractivity (Wildman–Crippen MR) is 85.2 cm³/mol. The molecule has 1 atom stereocenters. The molecule has 2 heterocycles. The SMILES string of the molecule is CC(c1cccs1)N(C)c1ncc(F)cc1CNC1CC1. The number of hydrogen-bond acceptors (Lipinski definition) is 4. The summed E-state index contributed by atoms with van der Waals surface area (Å²) in [6, 6.07) is 6.59. The Morgan fingerprint density at radius 1 is 1.52 bits per heavy atom. The molecule has 1 N–H and O–H groups in total. The van der Waals surface area contributed by atoms with Crippen LogP contribution in [0, 0.1) is 5.82 Å². The predicted octanol–water partition coefficient (Wildman–Crippen LogP) is 3.73. The molecule has 112 valence electrons. The summed E-state index contributed by atoms with van der Waals surface area (Å²) in [6.07, 6.45) is 3.74. The lowest BCUT2D eigenvalue weighted by molar-refractivity contribution is 0.608. The second-order valence-corrected chi connectivity index (χ2v) is 6.57.